The third kappa shape index (κ3) is 1.68. The standard InChI is InChI=1S/C11H11N3O3/c1-11(12)8(15)13-10(17)14(9(11)16)7-5-3-2-4-6-7/h2-6H,12H2,1H3,(H,13,15,17). The molecule has 0 bridgehead atoms. The average molecular weight is 233 g/mol. The van der Waals surface area contributed by atoms with Crippen molar-refractivity contribution in [2.24, 2.45) is 5.73 Å². The molecule has 1 aromatic rings. The molecule has 1 unspecified atom stereocenters. The highest BCUT2D eigenvalue weighted by Crippen LogP contribution is 2.20. The van der Waals surface area contributed by atoms with Crippen molar-refractivity contribution in [1.29, 1.82) is 0 Å². The fourth-order valence-corrected chi connectivity index (χ4v) is 1.52. The lowest BCUT2D eigenvalue weighted by Crippen LogP contribution is -2.70. The van der Waals surface area contributed by atoms with Crippen molar-refractivity contribution in [3.05, 3.63) is 30.3 Å². The number of benzene rings is 1. The minimum absolute atomic E-state index is 0.374. The molecule has 1 aliphatic rings. The number of carbonyl (C=O) groups excluding carboxylic acids is 3. The largest absolute Gasteiger partial charge is 0.335 e. The van der Waals surface area contributed by atoms with Gasteiger partial charge in [-0.3, -0.25) is 14.9 Å². The van der Waals surface area contributed by atoms with Gasteiger partial charge in [-0.1, -0.05) is 18.2 Å². The Hall–Kier alpha value is -2.21. The summed E-state index contributed by atoms with van der Waals surface area (Å²) >= 11 is 0. The van der Waals surface area contributed by atoms with E-state index in [1.807, 2.05) is 0 Å². The van der Waals surface area contributed by atoms with Crippen molar-refractivity contribution < 1.29 is 14.4 Å². The fourth-order valence-electron chi connectivity index (χ4n) is 1.52. The first-order valence-electron chi connectivity index (χ1n) is 4.98. The fraction of sp³-hybridized carbons (Fsp3) is 0.182. The van der Waals surface area contributed by atoms with Gasteiger partial charge in [0.1, 0.15) is 0 Å². The number of para-hydroxylation sites is 1. The number of nitrogens with one attached hydrogen (secondary N) is 1. The van der Waals surface area contributed by atoms with E-state index in [9.17, 15) is 14.4 Å². The molecule has 0 aliphatic carbocycles. The maximum atomic E-state index is 12.0. The van der Waals surface area contributed by atoms with Gasteiger partial charge in [0.15, 0.2) is 5.54 Å². The summed E-state index contributed by atoms with van der Waals surface area (Å²) in [5, 5.41) is 2.05. The van der Waals surface area contributed by atoms with Gasteiger partial charge in [-0.25, -0.2) is 9.69 Å². The molecule has 4 amide bonds. The highest BCUT2D eigenvalue weighted by atomic mass is 16.2. The second-order valence-electron chi connectivity index (χ2n) is 3.94. The van der Waals surface area contributed by atoms with Gasteiger partial charge in [0.2, 0.25) is 0 Å². The molecule has 17 heavy (non-hydrogen) atoms. The highest BCUT2D eigenvalue weighted by molar-refractivity contribution is 6.32. The van der Waals surface area contributed by atoms with Crippen LogP contribution in [0.2, 0.25) is 0 Å². The van der Waals surface area contributed by atoms with Gasteiger partial charge in [0.05, 0.1) is 5.69 Å². The van der Waals surface area contributed by atoms with Crippen molar-refractivity contribution in [3.8, 4) is 0 Å². The summed E-state index contributed by atoms with van der Waals surface area (Å²) in [6.07, 6.45) is 0. The van der Waals surface area contributed by atoms with Crippen molar-refractivity contribution in [1.82, 2.24) is 5.32 Å². The Morgan fingerprint density at radius 2 is 1.76 bits per heavy atom. The number of hydrogen-bond donors (Lipinski definition) is 2. The summed E-state index contributed by atoms with van der Waals surface area (Å²) in [7, 11) is 0. The summed E-state index contributed by atoms with van der Waals surface area (Å²) < 4.78 is 0. The first kappa shape index (κ1) is 11.3. The molecule has 6 nitrogen and oxygen atoms in total. The molecule has 0 spiro atoms. The first-order chi connectivity index (χ1) is 7.94. The van der Waals surface area contributed by atoms with Gasteiger partial charge in [-0.2, -0.15) is 0 Å². The second-order valence-corrected chi connectivity index (χ2v) is 3.94. The number of rotatable bonds is 1. The van der Waals surface area contributed by atoms with Crippen LogP contribution >= 0.6 is 0 Å². The van der Waals surface area contributed by atoms with E-state index in [1.54, 1.807) is 30.3 Å². The number of barbiturate groups is 1. The number of amides is 4. The van der Waals surface area contributed by atoms with Gasteiger partial charge in [-0.05, 0) is 19.1 Å². The molecule has 1 fully saturated rings. The lowest BCUT2D eigenvalue weighted by molar-refractivity contribution is -0.135. The maximum Gasteiger partial charge on any atom is 0.335 e. The first-order valence-corrected chi connectivity index (χ1v) is 4.98. The van der Waals surface area contributed by atoms with Crippen molar-refractivity contribution in [2.45, 2.75) is 12.5 Å². The maximum absolute atomic E-state index is 12.0. The molecular formula is C11H11N3O3. The monoisotopic (exact) mass is 233 g/mol. The average Bonchev–Trinajstić information content (AvgIpc) is 2.28. The van der Waals surface area contributed by atoms with Gasteiger partial charge >= 0.3 is 6.03 Å². The second kappa shape index (κ2) is 3.67. The third-order valence-corrected chi connectivity index (χ3v) is 2.56. The Morgan fingerprint density at radius 3 is 2.35 bits per heavy atom. The van der Waals surface area contributed by atoms with Crippen molar-refractivity contribution in [2.75, 3.05) is 4.90 Å². The van der Waals surface area contributed by atoms with E-state index in [0.29, 0.717) is 5.69 Å². The zero-order valence-corrected chi connectivity index (χ0v) is 9.14. The van der Waals surface area contributed by atoms with Crippen LogP contribution in [0.4, 0.5) is 10.5 Å². The molecular weight excluding hydrogens is 222 g/mol. The molecule has 6 heteroatoms. The summed E-state index contributed by atoms with van der Waals surface area (Å²) in [5.74, 6) is -1.53. The molecule has 1 heterocycles. The Balaban J connectivity index is 2.45. The normalized spacial score (nSPS) is 24.8. The summed E-state index contributed by atoms with van der Waals surface area (Å²) in [5.41, 5.74) is 4.24. The zero-order chi connectivity index (χ0) is 12.6. The van der Waals surface area contributed by atoms with E-state index < -0.39 is 23.4 Å². The van der Waals surface area contributed by atoms with Gasteiger partial charge in [-0.15, -0.1) is 0 Å². The quantitative estimate of drug-likeness (QED) is 0.667. The topological polar surface area (TPSA) is 92.5 Å². The lowest BCUT2D eigenvalue weighted by atomic mass is 9.98. The SMILES string of the molecule is CC1(N)C(=O)NC(=O)N(c2ccccc2)C1=O. The predicted octanol–water partition coefficient (Wildman–Crippen LogP) is -0.0132. The van der Waals surface area contributed by atoms with Crippen LogP contribution in [0.25, 0.3) is 0 Å². The molecule has 88 valence electrons. The summed E-state index contributed by atoms with van der Waals surface area (Å²) in [6, 6.07) is 7.50. The van der Waals surface area contributed by atoms with Crippen LogP contribution in [0, 0.1) is 0 Å². The smallest absolute Gasteiger partial charge is 0.310 e. The molecule has 1 aliphatic heterocycles. The highest BCUT2D eigenvalue weighted by Gasteiger charge is 2.48. The number of nitrogens with zero attached hydrogens (tertiary/aromatic N) is 1. The number of nitrogens with two attached hydrogens (primary N) is 1. The molecule has 2 rings (SSSR count). The summed E-state index contributed by atoms with van der Waals surface area (Å²) in [4.78, 5) is 35.9. The molecule has 0 aromatic heterocycles. The number of hydrogen-bond acceptors (Lipinski definition) is 4. The zero-order valence-electron chi connectivity index (χ0n) is 9.14. The minimum Gasteiger partial charge on any atom is -0.310 e. The molecule has 1 aromatic carbocycles. The minimum atomic E-state index is -1.73. The van der Waals surface area contributed by atoms with Crippen LogP contribution in [0.3, 0.4) is 0 Å². The van der Waals surface area contributed by atoms with E-state index in [1.165, 1.54) is 6.92 Å². The molecule has 1 atom stereocenters. The Morgan fingerprint density at radius 1 is 1.18 bits per heavy atom. The number of imide groups is 2. The Labute approximate surface area is 97.4 Å². The van der Waals surface area contributed by atoms with Crippen LogP contribution in [0.15, 0.2) is 30.3 Å². The third-order valence-electron chi connectivity index (χ3n) is 2.56. The molecule has 1 saturated heterocycles. The molecule has 0 radical (unpaired) electrons. The van der Waals surface area contributed by atoms with Crippen LogP contribution < -0.4 is 16.0 Å². The predicted molar refractivity (Wildman–Crippen MR) is 60.1 cm³/mol. The lowest BCUT2D eigenvalue weighted by Gasteiger charge is -2.34. The van der Waals surface area contributed by atoms with Crippen molar-refractivity contribution >= 4 is 23.5 Å². The Bertz CT molecular complexity index is 496. The number of urea groups is 1. The van der Waals surface area contributed by atoms with Crippen LogP contribution in [0.1, 0.15) is 6.92 Å². The summed E-state index contributed by atoms with van der Waals surface area (Å²) in [6.45, 7) is 1.27. The van der Waals surface area contributed by atoms with E-state index in [-0.39, 0.29) is 0 Å². The van der Waals surface area contributed by atoms with Crippen molar-refractivity contribution in [3.63, 3.8) is 0 Å². The van der Waals surface area contributed by atoms with Gasteiger partial charge < -0.3 is 5.73 Å². The van der Waals surface area contributed by atoms with E-state index >= 15 is 0 Å². The van der Waals surface area contributed by atoms with Crippen LogP contribution in [0.5, 0.6) is 0 Å². The van der Waals surface area contributed by atoms with Crippen LogP contribution in [-0.4, -0.2) is 23.4 Å². The van der Waals surface area contributed by atoms with E-state index in [0.717, 1.165) is 4.90 Å². The van der Waals surface area contributed by atoms with E-state index in [4.69, 9.17) is 5.73 Å². The Kier molecular flexibility index (Phi) is 2.44. The van der Waals surface area contributed by atoms with Gasteiger partial charge in [0.25, 0.3) is 11.8 Å². The molecule has 0 saturated carbocycles. The van der Waals surface area contributed by atoms with Gasteiger partial charge in [0, 0.05) is 0 Å². The number of anilines is 1. The molecule has 3 N–H and O–H groups in total. The number of carbonyl (C=O) groups is 3. The van der Waals surface area contributed by atoms with E-state index in [2.05, 4.69) is 5.32 Å². The van der Waals surface area contributed by atoms with Crippen LogP contribution in [-0.2, 0) is 9.59 Å².